The summed E-state index contributed by atoms with van der Waals surface area (Å²) in [5.74, 6) is 0.0201. The van der Waals surface area contributed by atoms with Crippen LogP contribution in [-0.2, 0) is 0 Å². The molecular formula is C10H13ClN2O2. The van der Waals surface area contributed by atoms with Crippen LogP contribution in [0.4, 0.5) is 0 Å². The lowest BCUT2D eigenvalue weighted by atomic mass is 10.2. The first-order valence-corrected chi connectivity index (χ1v) is 4.93. The van der Waals surface area contributed by atoms with Gasteiger partial charge in [0, 0.05) is 6.04 Å². The molecule has 1 heterocycles. The third-order valence-electron chi connectivity index (χ3n) is 1.68. The van der Waals surface area contributed by atoms with Gasteiger partial charge in [-0.25, -0.2) is 4.98 Å². The number of ether oxygens (including phenoxy) is 1. The van der Waals surface area contributed by atoms with E-state index >= 15 is 0 Å². The SMILES string of the molecule is COc1nc(Cl)ccc1C(=O)NC(C)C. The summed E-state index contributed by atoms with van der Waals surface area (Å²) in [6, 6.07) is 3.21. The summed E-state index contributed by atoms with van der Waals surface area (Å²) in [5, 5.41) is 3.05. The zero-order valence-electron chi connectivity index (χ0n) is 8.87. The maximum atomic E-state index is 11.7. The number of aromatic nitrogens is 1. The highest BCUT2D eigenvalue weighted by molar-refractivity contribution is 6.29. The molecule has 5 heteroatoms. The van der Waals surface area contributed by atoms with Crippen molar-refractivity contribution in [2.45, 2.75) is 19.9 Å². The Kier molecular flexibility index (Phi) is 3.91. The van der Waals surface area contributed by atoms with E-state index in [9.17, 15) is 4.79 Å². The number of carbonyl (C=O) groups is 1. The van der Waals surface area contributed by atoms with Gasteiger partial charge in [-0.2, -0.15) is 0 Å². The molecule has 0 radical (unpaired) electrons. The smallest absolute Gasteiger partial charge is 0.256 e. The van der Waals surface area contributed by atoms with E-state index in [0.29, 0.717) is 10.7 Å². The molecule has 4 nitrogen and oxygen atoms in total. The molecule has 0 saturated heterocycles. The van der Waals surface area contributed by atoms with Gasteiger partial charge in [-0.15, -0.1) is 0 Å². The monoisotopic (exact) mass is 228 g/mol. The van der Waals surface area contributed by atoms with Crippen molar-refractivity contribution in [2.24, 2.45) is 0 Å². The second-order valence-electron chi connectivity index (χ2n) is 3.32. The van der Waals surface area contributed by atoms with Crippen LogP contribution in [0, 0.1) is 0 Å². The van der Waals surface area contributed by atoms with E-state index in [4.69, 9.17) is 16.3 Å². The van der Waals surface area contributed by atoms with Crippen LogP contribution in [0.25, 0.3) is 0 Å². The van der Waals surface area contributed by atoms with Crippen molar-refractivity contribution < 1.29 is 9.53 Å². The molecule has 0 saturated carbocycles. The summed E-state index contributed by atoms with van der Waals surface area (Å²) in [5.41, 5.74) is 0.385. The van der Waals surface area contributed by atoms with Crippen molar-refractivity contribution >= 4 is 17.5 Å². The van der Waals surface area contributed by atoms with Crippen molar-refractivity contribution in [3.8, 4) is 5.88 Å². The minimum absolute atomic E-state index is 0.0675. The molecule has 0 fully saturated rings. The van der Waals surface area contributed by atoms with Gasteiger partial charge < -0.3 is 10.1 Å². The maximum Gasteiger partial charge on any atom is 0.256 e. The topological polar surface area (TPSA) is 51.2 Å². The third kappa shape index (κ3) is 3.09. The van der Waals surface area contributed by atoms with Crippen molar-refractivity contribution in [3.63, 3.8) is 0 Å². The number of halogens is 1. The molecule has 1 rings (SSSR count). The average Bonchev–Trinajstić information content (AvgIpc) is 2.16. The molecule has 1 amide bonds. The number of hydrogen-bond donors (Lipinski definition) is 1. The van der Waals surface area contributed by atoms with Gasteiger partial charge in [0.2, 0.25) is 5.88 Å². The fourth-order valence-corrected chi connectivity index (χ4v) is 1.23. The molecule has 15 heavy (non-hydrogen) atoms. The quantitative estimate of drug-likeness (QED) is 0.804. The van der Waals surface area contributed by atoms with E-state index in [1.54, 1.807) is 12.1 Å². The Balaban J connectivity index is 2.97. The van der Waals surface area contributed by atoms with Crippen molar-refractivity contribution in [1.82, 2.24) is 10.3 Å². The number of pyridine rings is 1. The summed E-state index contributed by atoms with van der Waals surface area (Å²) in [6.07, 6.45) is 0. The molecule has 1 aromatic rings. The minimum atomic E-state index is -0.217. The van der Waals surface area contributed by atoms with Crippen LogP contribution in [0.2, 0.25) is 5.15 Å². The Morgan fingerprint density at radius 2 is 2.20 bits per heavy atom. The van der Waals surface area contributed by atoms with Crippen molar-refractivity contribution in [3.05, 3.63) is 22.8 Å². The van der Waals surface area contributed by atoms with Gasteiger partial charge in [0.25, 0.3) is 5.91 Å². The predicted octanol–water partition coefficient (Wildman–Crippen LogP) is 1.88. The number of nitrogens with zero attached hydrogens (tertiary/aromatic N) is 1. The zero-order valence-corrected chi connectivity index (χ0v) is 9.63. The van der Waals surface area contributed by atoms with E-state index in [1.807, 2.05) is 13.8 Å². The Morgan fingerprint density at radius 1 is 1.53 bits per heavy atom. The third-order valence-corrected chi connectivity index (χ3v) is 1.89. The van der Waals surface area contributed by atoms with Crippen LogP contribution in [0.15, 0.2) is 12.1 Å². The summed E-state index contributed by atoms with van der Waals surface area (Å²) in [7, 11) is 1.45. The Morgan fingerprint density at radius 3 is 2.73 bits per heavy atom. The molecule has 1 aromatic heterocycles. The summed E-state index contributed by atoms with van der Waals surface area (Å²) in [6.45, 7) is 3.77. The Bertz CT molecular complexity index is 366. The molecule has 0 atom stereocenters. The molecule has 0 aliphatic heterocycles. The van der Waals surface area contributed by atoms with Gasteiger partial charge in [-0.3, -0.25) is 4.79 Å². The van der Waals surface area contributed by atoms with E-state index in [-0.39, 0.29) is 17.8 Å². The lowest BCUT2D eigenvalue weighted by Crippen LogP contribution is -2.30. The second kappa shape index (κ2) is 4.98. The minimum Gasteiger partial charge on any atom is -0.480 e. The number of methoxy groups -OCH3 is 1. The summed E-state index contributed by atoms with van der Waals surface area (Å²) in [4.78, 5) is 15.6. The van der Waals surface area contributed by atoms with Gasteiger partial charge in [0.05, 0.1) is 7.11 Å². The van der Waals surface area contributed by atoms with Crippen LogP contribution in [0.3, 0.4) is 0 Å². The Hall–Kier alpha value is -1.29. The lowest BCUT2D eigenvalue weighted by molar-refractivity contribution is 0.0939. The fraction of sp³-hybridized carbons (Fsp3) is 0.400. The predicted molar refractivity (Wildman–Crippen MR) is 58.4 cm³/mol. The van der Waals surface area contributed by atoms with Crippen LogP contribution in [0.5, 0.6) is 5.88 Å². The molecule has 0 aliphatic rings. The lowest BCUT2D eigenvalue weighted by Gasteiger charge is -2.10. The highest BCUT2D eigenvalue weighted by Crippen LogP contribution is 2.18. The number of hydrogen-bond acceptors (Lipinski definition) is 3. The number of nitrogens with one attached hydrogen (secondary N) is 1. The van der Waals surface area contributed by atoms with Crippen molar-refractivity contribution in [2.75, 3.05) is 7.11 Å². The van der Waals surface area contributed by atoms with Gasteiger partial charge in [0.15, 0.2) is 0 Å². The molecule has 0 spiro atoms. The summed E-state index contributed by atoms with van der Waals surface area (Å²) >= 11 is 5.68. The number of amides is 1. The standard InChI is InChI=1S/C10H13ClN2O2/c1-6(2)12-9(14)7-4-5-8(11)13-10(7)15-3/h4-6H,1-3H3,(H,12,14). The normalized spacial score (nSPS) is 10.2. The maximum absolute atomic E-state index is 11.7. The van der Waals surface area contributed by atoms with Crippen LogP contribution >= 0.6 is 11.6 Å². The van der Waals surface area contributed by atoms with Crippen LogP contribution < -0.4 is 10.1 Å². The molecular weight excluding hydrogens is 216 g/mol. The van der Waals surface area contributed by atoms with Crippen molar-refractivity contribution in [1.29, 1.82) is 0 Å². The van der Waals surface area contributed by atoms with Crippen LogP contribution in [0.1, 0.15) is 24.2 Å². The Labute approximate surface area is 93.6 Å². The molecule has 0 bridgehead atoms. The summed E-state index contributed by atoms with van der Waals surface area (Å²) < 4.78 is 4.97. The average molecular weight is 229 g/mol. The molecule has 0 unspecified atom stereocenters. The van der Waals surface area contributed by atoms with Gasteiger partial charge >= 0.3 is 0 Å². The van der Waals surface area contributed by atoms with E-state index in [1.165, 1.54) is 7.11 Å². The molecule has 0 aliphatic carbocycles. The van der Waals surface area contributed by atoms with Gasteiger partial charge in [-0.1, -0.05) is 11.6 Å². The molecule has 82 valence electrons. The van der Waals surface area contributed by atoms with E-state index in [0.717, 1.165) is 0 Å². The fourth-order valence-electron chi connectivity index (χ4n) is 1.09. The molecule has 1 N–H and O–H groups in total. The highest BCUT2D eigenvalue weighted by atomic mass is 35.5. The highest BCUT2D eigenvalue weighted by Gasteiger charge is 2.14. The first-order valence-electron chi connectivity index (χ1n) is 4.56. The van der Waals surface area contributed by atoms with Gasteiger partial charge in [-0.05, 0) is 26.0 Å². The second-order valence-corrected chi connectivity index (χ2v) is 3.71. The first-order chi connectivity index (χ1) is 7.04. The zero-order chi connectivity index (χ0) is 11.4. The van der Waals surface area contributed by atoms with Gasteiger partial charge in [0.1, 0.15) is 10.7 Å². The number of carbonyl (C=O) groups excluding carboxylic acids is 1. The first kappa shape index (κ1) is 11.8. The number of rotatable bonds is 3. The molecule has 0 aromatic carbocycles. The van der Waals surface area contributed by atoms with E-state index in [2.05, 4.69) is 10.3 Å². The largest absolute Gasteiger partial charge is 0.480 e. The van der Waals surface area contributed by atoms with E-state index < -0.39 is 0 Å². The van der Waals surface area contributed by atoms with Crippen LogP contribution in [-0.4, -0.2) is 24.0 Å².